The van der Waals surface area contributed by atoms with Gasteiger partial charge >= 0.3 is 6.61 Å². The van der Waals surface area contributed by atoms with Crippen molar-refractivity contribution in [3.63, 3.8) is 0 Å². The number of carbonyl (C=O) groups excluding carboxylic acids is 1. The van der Waals surface area contributed by atoms with Crippen LogP contribution in [0.4, 0.5) is 8.78 Å². The molecular formula is C15H18ClF2N5O2. The smallest absolute Gasteiger partial charge is 0.387 e. The Balaban J connectivity index is 0.00000225. The SMILES string of the molecule is Cc1c(C(=O)NCC2CNC2)nnn1-c1ccc(OC(F)F)cc1.Cl. The molecule has 0 saturated carbocycles. The summed E-state index contributed by atoms with van der Waals surface area (Å²) in [5.74, 6) is 0.230. The Morgan fingerprint density at radius 3 is 2.64 bits per heavy atom. The first-order valence-electron chi connectivity index (χ1n) is 7.51. The molecule has 3 rings (SSSR count). The number of hydrogen-bond acceptors (Lipinski definition) is 5. The van der Waals surface area contributed by atoms with Gasteiger partial charge in [0.05, 0.1) is 11.4 Å². The molecule has 0 unspecified atom stereocenters. The zero-order valence-corrected chi connectivity index (χ0v) is 14.2. The average molecular weight is 374 g/mol. The van der Waals surface area contributed by atoms with Crippen molar-refractivity contribution in [3.05, 3.63) is 35.7 Å². The predicted octanol–water partition coefficient (Wildman–Crippen LogP) is 1.55. The fourth-order valence-corrected chi connectivity index (χ4v) is 2.37. The molecule has 1 fully saturated rings. The van der Waals surface area contributed by atoms with Gasteiger partial charge in [0.25, 0.3) is 5.91 Å². The zero-order valence-electron chi connectivity index (χ0n) is 13.4. The highest BCUT2D eigenvalue weighted by atomic mass is 35.5. The van der Waals surface area contributed by atoms with Crippen LogP contribution in [0.15, 0.2) is 24.3 Å². The Kier molecular flexibility index (Phi) is 6.27. The number of amides is 1. The molecule has 2 aromatic rings. The molecule has 2 heterocycles. The summed E-state index contributed by atoms with van der Waals surface area (Å²) in [5, 5.41) is 13.9. The highest BCUT2D eigenvalue weighted by Gasteiger charge is 2.21. The van der Waals surface area contributed by atoms with Crippen molar-refractivity contribution in [2.45, 2.75) is 13.5 Å². The standard InChI is InChI=1S/C15H17F2N5O2.ClH/c1-9-13(14(23)19-8-10-6-18-7-10)20-21-22(9)11-2-4-12(5-3-11)24-15(16)17;/h2-5,10,15,18H,6-8H2,1H3,(H,19,23);1H. The summed E-state index contributed by atoms with van der Waals surface area (Å²) < 4.78 is 30.1. The van der Waals surface area contributed by atoms with Gasteiger partial charge in [0.2, 0.25) is 0 Å². The maximum Gasteiger partial charge on any atom is 0.387 e. The van der Waals surface area contributed by atoms with Crippen molar-refractivity contribution in [2.75, 3.05) is 19.6 Å². The summed E-state index contributed by atoms with van der Waals surface area (Å²) in [6.45, 7) is 1.25. The van der Waals surface area contributed by atoms with Gasteiger partial charge in [0.15, 0.2) is 5.69 Å². The summed E-state index contributed by atoms with van der Waals surface area (Å²) in [6.07, 6.45) is 0. The second-order valence-corrected chi connectivity index (χ2v) is 5.54. The van der Waals surface area contributed by atoms with E-state index < -0.39 is 6.61 Å². The number of rotatable bonds is 6. The molecule has 136 valence electrons. The first-order valence-corrected chi connectivity index (χ1v) is 7.51. The Morgan fingerprint density at radius 2 is 2.08 bits per heavy atom. The number of alkyl halides is 2. The summed E-state index contributed by atoms with van der Waals surface area (Å²) in [7, 11) is 0. The van der Waals surface area contributed by atoms with Crippen LogP contribution in [0, 0.1) is 12.8 Å². The van der Waals surface area contributed by atoms with Crippen LogP contribution in [-0.2, 0) is 0 Å². The van der Waals surface area contributed by atoms with E-state index in [4.69, 9.17) is 0 Å². The molecule has 10 heteroatoms. The van der Waals surface area contributed by atoms with Crippen LogP contribution in [-0.4, -0.2) is 47.1 Å². The number of hydrogen-bond donors (Lipinski definition) is 2. The lowest BCUT2D eigenvalue weighted by Crippen LogP contribution is -2.48. The van der Waals surface area contributed by atoms with Crippen molar-refractivity contribution in [3.8, 4) is 11.4 Å². The highest BCUT2D eigenvalue weighted by molar-refractivity contribution is 5.93. The normalized spacial score (nSPS) is 13.9. The summed E-state index contributed by atoms with van der Waals surface area (Å²) in [4.78, 5) is 12.2. The molecular weight excluding hydrogens is 356 g/mol. The lowest BCUT2D eigenvalue weighted by atomic mass is 10.0. The summed E-state index contributed by atoms with van der Waals surface area (Å²) in [5.41, 5.74) is 1.42. The zero-order chi connectivity index (χ0) is 17.1. The van der Waals surface area contributed by atoms with Crippen LogP contribution < -0.4 is 15.4 Å². The molecule has 25 heavy (non-hydrogen) atoms. The molecule has 1 aliphatic heterocycles. The number of nitrogens with zero attached hydrogens (tertiary/aromatic N) is 3. The first kappa shape index (κ1) is 19.1. The molecule has 1 aliphatic rings. The lowest BCUT2D eigenvalue weighted by Gasteiger charge is -2.26. The van der Waals surface area contributed by atoms with Gasteiger partial charge in [-0.05, 0) is 31.2 Å². The summed E-state index contributed by atoms with van der Waals surface area (Å²) in [6, 6.07) is 5.96. The maximum atomic E-state index is 12.2. The molecule has 0 aliphatic carbocycles. The van der Waals surface area contributed by atoms with E-state index in [-0.39, 0.29) is 29.8 Å². The van der Waals surface area contributed by atoms with E-state index in [1.54, 1.807) is 19.1 Å². The average Bonchev–Trinajstić information content (AvgIpc) is 2.87. The molecule has 1 aromatic carbocycles. The molecule has 1 amide bonds. The molecule has 7 nitrogen and oxygen atoms in total. The number of carbonyl (C=O) groups is 1. The number of nitrogens with one attached hydrogen (secondary N) is 2. The van der Waals surface area contributed by atoms with Gasteiger partial charge in [-0.15, -0.1) is 17.5 Å². The minimum atomic E-state index is -2.87. The molecule has 1 aromatic heterocycles. The fraction of sp³-hybridized carbons (Fsp3) is 0.400. The minimum absolute atomic E-state index is 0. The third-order valence-electron chi connectivity index (χ3n) is 3.83. The minimum Gasteiger partial charge on any atom is -0.435 e. The van der Waals surface area contributed by atoms with Gasteiger partial charge in [0, 0.05) is 25.6 Å². The van der Waals surface area contributed by atoms with Crippen LogP contribution in [0.5, 0.6) is 5.75 Å². The van der Waals surface area contributed by atoms with Crippen LogP contribution in [0.2, 0.25) is 0 Å². The van der Waals surface area contributed by atoms with E-state index in [9.17, 15) is 13.6 Å². The van der Waals surface area contributed by atoms with Crippen LogP contribution in [0.3, 0.4) is 0 Å². The molecule has 1 saturated heterocycles. The third kappa shape index (κ3) is 4.43. The Hall–Kier alpha value is -2.26. The number of aromatic nitrogens is 3. The van der Waals surface area contributed by atoms with Crippen LogP contribution >= 0.6 is 12.4 Å². The quantitative estimate of drug-likeness (QED) is 0.803. The van der Waals surface area contributed by atoms with Crippen molar-refractivity contribution >= 4 is 18.3 Å². The van der Waals surface area contributed by atoms with Gasteiger partial charge in [-0.25, -0.2) is 4.68 Å². The molecule has 0 spiro atoms. The number of benzene rings is 1. The van der Waals surface area contributed by atoms with E-state index in [1.165, 1.54) is 16.8 Å². The third-order valence-corrected chi connectivity index (χ3v) is 3.83. The van der Waals surface area contributed by atoms with E-state index >= 15 is 0 Å². The Bertz CT molecular complexity index is 719. The van der Waals surface area contributed by atoms with E-state index in [0.29, 0.717) is 23.8 Å². The Labute approximate surface area is 149 Å². The van der Waals surface area contributed by atoms with Crippen molar-refractivity contribution in [2.24, 2.45) is 5.92 Å². The molecule has 0 bridgehead atoms. The van der Waals surface area contributed by atoms with E-state index in [1.807, 2.05) is 0 Å². The lowest BCUT2D eigenvalue weighted by molar-refractivity contribution is -0.0498. The van der Waals surface area contributed by atoms with Gasteiger partial charge in [-0.1, -0.05) is 5.21 Å². The van der Waals surface area contributed by atoms with Crippen molar-refractivity contribution in [1.82, 2.24) is 25.6 Å². The van der Waals surface area contributed by atoms with Gasteiger partial charge in [-0.3, -0.25) is 4.79 Å². The first-order chi connectivity index (χ1) is 11.5. The van der Waals surface area contributed by atoms with Gasteiger partial charge in [-0.2, -0.15) is 8.78 Å². The van der Waals surface area contributed by atoms with Gasteiger partial charge in [0.1, 0.15) is 5.75 Å². The molecule has 0 atom stereocenters. The van der Waals surface area contributed by atoms with Crippen LogP contribution in [0.1, 0.15) is 16.2 Å². The van der Waals surface area contributed by atoms with E-state index in [0.717, 1.165) is 13.1 Å². The fourth-order valence-electron chi connectivity index (χ4n) is 2.37. The number of ether oxygens (including phenoxy) is 1. The maximum absolute atomic E-state index is 12.2. The highest BCUT2D eigenvalue weighted by Crippen LogP contribution is 2.18. The van der Waals surface area contributed by atoms with Crippen LogP contribution in [0.25, 0.3) is 5.69 Å². The molecule has 0 radical (unpaired) electrons. The van der Waals surface area contributed by atoms with E-state index in [2.05, 4.69) is 25.7 Å². The molecule has 2 N–H and O–H groups in total. The second-order valence-electron chi connectivity index (χ2n) is 5.54. The summed E-state index contributed by atoms with van der Waals surface area (Å²) >= 11 is 0. The number of halogens is 3. The monoisotopic (exact) mass is 373 g/mol. The van der Waals surface area contributed by atoms with Gasteiger partial charge < -0.3 is 15.4 Å². The predicted molar refractivity (Wildman–Crippen MR) is 88.7 cm³/mol. The Morgan fingerprint density at radius 1 is 1.40 bits per heavy atom. The van der Waals surface area contributed by atoms with Crippen molar-refractivity contribution < 1.29 is 18.3 Å². The second kappa shape index (κ2) is 8.21. The largest absolute Gasteiger partial charge is 0.435 e. The van der Waals surface area contributed by atoms with Crippen molar-refractivity contribution in [1.29, 1.82) is 0 Å². The topological polar surface area (TPSA) is 81.1 Å².